The second-order valence-electron chi connectivity index (χ2n) is 1.08. The van der Waals surface area contributed by atoms with E-state index < -0.39 is 0 Å². The van der Waals surface area contributed by atoms with Crippen LogP contribution in [0.15, 0.2) is 0 Å². The van der Waals surface area contributed by atoms with Crippen molar-refractivity contribution in [2.45, 2.75) is 0 Å². The van der Waals surface area contributed by atoms with Crippen molar-refractivity contribution in [3.8, 4) is 0 Å². The van der Waals surface area contributed by atoms with Crippen LogP contribution in [0.4, 0.5) is 0 Å². The molecule has 0 aliphatic heterocycles. The molecule has 0 aliphatic carbocycles. The summed E-state index contributed by atoms with van der Waals surface area (Å²) in [5.41, 5.74) is 0. The molecule has 1 N–H and O–H groups in total. The fraction of sp³-hybridized carbons (Fsp3) is 0.500. The summed E-state index contributed by atoms with van der Waals surface area (Å²) < 4.78 is 0. The van der Waals surface area contributed by atoms with Crippen LogP contribution in [0.3, 0.4) is 0 Å². The molecular weight excluding hydrogens is 76.1 g/mol. The zero-order valence-electron chi connectivity index (χ0n) is 4.36. The molecule has 2 heteroatoms. The van der Waals surface area contributed by atoms with Gasteiger partial charge in [0.2, 0.25) is 0 Å². The standard InChI is InChI=1S/C3H8N.CH3N/c1-4(2)3;1-2/h1H2,2-3H3;2H,1H2. The Labute approximate surface area is 39.3 Å². The average molecular weight is 87.1 g/mol. The number of nitrogens with zero attached hydrogens (tertiary/aromatic N) is 1. The number of hydrogen-bond donors (Lipinski definition) is 1. The van der Waals surface area contributed by atoms with E-state index in [0.29, 0.717) is 0 Å². The predicted octanol–water partition coefficient (Wildman–Crippen LogP) is 0.605. The summed E-state index contributed by atoms with van der Waals surface area (Å²) in [7, 11) is 7.25. The molecule has 6 heavy (non-hydrogen) atoms. The lowest BCUT2D eigenvalue weighted by Crippen LogP contribution is -1.95. The smallest absolute Gasteiger partial charge is 0.0103 e. The topological polar surface area (TPSA) is 27.1 Å². The first kappa shape index (κ1) is 9.16. The van der Waals surface area contributed by atoms with Gasteiger partial charge in [-0.25, -0.2) is 0 Å². The molecule has 1 radical (unpaired) electrons. The van der Waals surface area contributed by atoms with Crippen LogP contribution in [0.25, 0.3) is 0 Å². The lowest BCUT2D eigenvalue weighted by atomic mass is 11.0. The van der Waals surface area contributed by atoms with Gasteiger partial charge < -0.3 is 10.3 Å². The highest BCUT2D eigenvalue weighted by atomic mass is 15.0. The highest BCUT2D eigenvalue weighted by molar-refractivity contribution is 5.15. The van der Waals surface area contributed by atoms with Gasteiger partial charge in [-0.3, -0.25) is 0 Å². The van der Waals surface area contributed by atoms with Crippen molar-refractivity contribution >= 4 is 6.72 Å². The van der Waals surface area contributed by atoms with Crippen molar-refractivity contribution in [3.63, 3.8) is 0 Å². The Bertz CT molecular complexity index is 16.8. The van der Waals surface area contributed by atoms with Crippen molar-refractivity contribution in [1.29, 1.82) is 5.41 Å². The molecule has 0 heterocycles. The van der Waals surface area contributed by atoms with Gasteiger partial charge in [0.1, 0.15) is 0 Å². The molecule has 0 amide bonds. The monoisotopic (exact) mass is 87.1 g/mol. The largest absolute Gasteiger partial charge is 0.317 e. The molecule has 0 aromatic carbocycles. The van der Waals surface area contributed by atoms with Crippen LogP contribution < -0.4 is 0 Å². The SMILES string of the molecule is C=N.[CH2]N(C)C. The maximum atomic E-state index is 5.50. The number of hydrogen-bond acceptors (Lipinski definition) is 2. The summed E-state index contributed by atoms with van der Waals surface area (Å²) in [6.07, 6.45) is 0. The van der Waals surface area contributed by atoms with Gasteiger partial charge >= 0.3 is 0 Å². The first-order chi connectivity index (χ1) is 2.73. The van der Waals surface area contributed by atoms with Gasteiger partial charge in [-0.1, -0.05) is 0 Å². The normalized spacial score (nSPS) is 6.67. The number of rotatable bonds is 0. The van der Waals surface area contributed by atoms with Crippen LogP contribution in [-0.4, -0.2) is 25.7 Å². The summed E-state index contributed by atoms with van der Waals surface area (Å²) in [5, 5.41) is 5.50. The summed E-state index contributed by atoms with van der Waals surface area (Å²) in [4.78, 5) is 1.75. The van der Waals surface area contributed by atoms with E-state index in [1.807, 2.05) is 14.1 Å². The van der Waals surface area contributed by atoms with E-state index >= 15 is 0 Å². The minimum Gasteiger partial charge on any atom is -0.317 e. The minimum absolute atomic E-state index is 1.75. The lowest BCUT2D eigenvalue weighted by Gasteiger charge is -1.89. The Balaban J connectivity index is 0. The van der Waals surface area contributed by atoms with Crippen molar-refractivity contribution in [3.05, 3.63) is 7.05 Å². The van der Waals surface area contributed by atoms with Crippen molar-refractivity contribution < 1.29 is 0 Å². The van der Waals surface area contributed by atoms with E-state index in [2.05, 4.69) is 13.8 Å². The summed E-state index contributed by atoms with van der Waals surface area (Å²) in [6, 6.07) is 0. The van der Waals surface area contributed by atoms with E-state index in [4.69, 9.17) is 5.41 Å². The van der Waals surface area contributed by atoms with Crippen LogP contribution in [0, 0.1) is 12.5 Å². The quantitative estimate of drug-likeness (QED) is 0.430. The van der Waals surface area contributed by atoms with Gasteiger partial charge in [0, 0.05) is 7.05 Å². The molecule has 0 saturated carbocycles. The van der Waals surface area contributed by atoms with E-state index in [-0.39, 0.29) is 0 Å². The van der Waals surface area contributed by atoms with Crippen molar-refractivity contribution in [2.75, 3.05) is 14.1 Å². The van der Waals surface area contributed by atoms with Crippen LogP contribution in [0.1, 0.15) is 0 Å². The minimum atomic E-state index is 1.75. The van der Waals surface area contributed by atoms with Gasteiger partial charge in [0.05, 0.1) is 0 Å². The molecule has 0 unspecified atom stereocenters. The summed E-state index contributed by atoms with van der Waals surface area (Å²) in [6.45, 7) is 2.50. The van der Waals surface area contributed by atoms with Gasteiger partial charge in [-0.15, -0.1) is 0 Å². The van der Waals surface area contributed by atoms with Gasteiger partial charge in [0.15, 0.2) is 0 Å². The third-order valence-corrected chi connectivity index (χ3v) is 0. The van der Waals surface area contributed by atoms with Gasteiger partial charge in [-0.2, -0.15) is 0 Å². The second-order valence-corrected chi connectivity index (χ2v) is 1.08. The molecule has 0 aromatic rings. The fourth-order valence-corrected chi connectivity index (χ4v) is 0. The van der Waals surface area contributed by atoms with E-state index in [1.54, 1.807) is 4.90 Å². The molecule has 37 valence electrons. The van der Waals surface area contributed by atoms with Crippen molar-refractivity contribution in [1.82, 2.24) is 4.90 Å². The van der Waals surface area contributed by atoms with E-state index in [1.165, 1.54) is 0 Å². The Hall–Kier alpha value is -0.370. The molecule has 0 rings (SSSR count). The Morgan fingerprint density at radius 2 is 1.33 bits per heavy atom. The van der Waals surface area contributed by atoms with Gasteiger partial charge in [-0.05, 0) is 20.8 Å². The summed E-state index contributed by atoms with van der Waals surface area (Å²) >= 11 is 0. The summed E-state index contributed by atoms with van der Waals surface area (Å²) in [5.74, 6) is 0. The zero-order valence-corrected chi connectivity index (χ0v) is 4.36. The lowest BCUT2D eigenvalue weighted by molar-refractivity contribution is 0.557. The third kappa shape index (κ3) is 183. The van der Waals surface area contributed by atoms with Gasteiger partial charge in [0.25, 0.3) is 0 Å². The second kappa shape index (κ2) is 8.82. The molecule has 0 fully saturated rings. The zero-order chi connectivity index (χ0) is 5.58. The molecule has 0 bridgehead atoms. The molecular formula is C4H11N2. The Kier molecular flexibility index (Phi) is 13.5. The van der Waals surface area contributed by atoms with Crippen LogP contribution in [0.2, 0.25) is 0 Å². The molecule has 2 nitrogen and oxygen atoms in total. The predicted molar refractivity (Wildman–Crippen MR) is 28.9 cm³/mol. The highest BCUT2D eigenvalue weighted by Crippen LogP contribution is 1.53. The van der Waals surface area contributed by atoms with Crippen LogP contribution in [-0.2, 0) is 0 Å². The highest BCUT2D eigenvalue weighted by Gasteiger charge is 1.58. The van der Waals surface area contributed by atoms with Crippen LogP contribution in [0.5, 0.6) is 0 Å². The third-order valence-electron chi connectivity index (χ3n) is 0. The molecule has 0 aliphatic rings. The first-order valence-electron chi connectivity index (χ1n) is 1.56. The van der Waals surface area contributed by atoms with Crippen LogP contribution >= 0.6 is 0 Å². The maximum Gasteiger partial charge on any atom is 0.0103 e. The average Bonchev–Trinajstić information content (AvgIpc) is 1.41. The molecule has 0 aromatic heterocycles. The Morgan fingerprint density at radius 1 is 1.33 bits per heavy atom. The first-order valence-corrected chi connectivity index (χ1v) is 1.56. The Morgan fingerprint density at radius 3 is 1.33 bits per heavy atom. The molecule has 0 atom stereocenters. The molecule has 0 saturated heterocycles. The molecule has 0 spiro atoms. The fourth-order valence-electron chi connectivity index (χ4n) is 0. The van der Waals surface area contributed by atoms with Crippen molar-refractivity contribution in [2.24, 2.45) is 0 Å². The van der Waals surface area contributed by atoms with E-state index in [9.17, 15) is 0 Å². The number of nitrogens with one attached hydrogen (secondary N) is 1. The maximum absolute atomic E-state index is 5.50. The van der Waals surface area contributed by atoms with E-state index in [0.717, 1.165) is 0 Å².